The van der Waals surface area contributed by atoms with E-state index >= 15 is 0 Å². The number of nitrogens with one attached hydrogen (secondary N) is 1. The molecular weight excluding hydrogens is 270 g/mol. The zero-order valence-electron chi connectivity index (χ0n) is 12.3. The van der Waals surface area contributed by atoms with Crippen molar-refractivity contribution in [1.29, 1.82) is 5.26 Å². The molecule has 0 unspecified atom stereocenters. The van der Waals surface area contributed by atoms with Crippen molar-refractivity contribution in [3.8, 4) is 6.07 Å². The Bertz CT molecular complexity index is 761. The van der Waals surface area contributed by atoms with Crippen LogP contribution in [0.4, 0.5) is 5.82 Å². The second-order valence-electron chi connectivity index (χ2n) is 4.65. The van der Waals surface area contributed by atoms with Gasteiger partial charge in [-0.25, -0.2) is 0 Å². The van der Waals surface area contributed by atoms with Crippen molar-refractivity contribution < 1.29 is 9.32 Å². The summed E-state index contributed by atoms with van der Waals surface area (Å²) in [6.45, 7) is 5.42. The fourth-order valence-corrected chi connectivity index (χ4v) is 1.90. The van der Waals surface area contributed by atoms with Crippen LogP contribution in [0.2, 0.25) is 0 Å². The van der Waals surface area contributed by atoms with Crippen LogP contribution in [0.1, 0.15) is 22.7 Å². The van der Waals surface area contributed by atoms with Gasteiger partial charge in [-0.3, -0.25) is 9.48 Å². The third-order valence-electron chi connectivity index (χ3n) is 3.09. The molecule has 21 heavy (non-hydrogen) atoms. The van der Waals surface area contributed by atoms with Gasteiger partial charge in [0.25, 0.3) is 5.91 Å². The van der Waals surface area contributed by atoms with Gasteiger partial charge in [0.05, 0.1) is 5.69 Å². The second-order valence-corrected chi connectivity index (χ2v) is 4.65. The van der Waals surface area contributed by atoms with E-state index in [0.717, 1.165) is 17.0 Å². The SMILES string of the molecule is Cc1cc(NC(=O)/C(C#N)=C/c2c(C)nn(C)c2C)no1. The Hall–Kier alpha value is -2.88. The summed E-state index contributed by atoms with van der Waals surface area (Å²) >= 11 is 0. The van der Waals surface area contributed by atoms with Crippen LogP contribution in [0.25, 0.3) is 6.08 Å². The Balaban J connectivity index is 2.29. The van der Waals surface area contributed by atoms with Crippen LogP contribution in [0.15, 0.2) is 16.2 Å². The number of aryl methyl sites for hydroxylation is 3. The molecule has 2 aromatic heterocycles. The Morgan fingerprint density at radius 1 is 1.48 bits per heavy atom. The minimum Gasteiger partial charge on any atom is -0.360 e. The molecule has 0 bridgehead atoms. The Morgan fingerprint density at radius 2 is 2.19 bits per heavy atom. The smallest absolute Gasteiger partial charge is 0.267 e. The van der Waals surface area contributed by atoms with Crippen LogP contribution in [-0.2, 0) is 11.8 Å². The summed E-state index contributed by atoms with van der Waals surface area (Å²) in [4.78, 5) is 12.1. The molecule has 1 N–H and O–H groups in total. The Labute approximate surface area is 121 Å². The highest BCUT2D eigenvalue weighted by Crippen LogP contribution is 2.17. The second kappa shape index (κ2) is 5.63. The van der Waals surface area contributed by atoms with Gasteiger partial charge in [-0.1, -0.05) is 5.16 Å². The molecule has 0 saturated heterocycles. The number of nitrogens with zero attached hydrogens (tertiary/aromatic N) is 4. The molecule has 0 spiro atoms. The Morgan fingerprint density at radius 3 is 2.67 bits per heavy atom. The van der Waals surface area contributed by atoms with Gasteiger partial charge in [0, 0.05) is 24.4 Å². The predicted molar refractivity (Wildman–Crippen MR) is 76.1 cm³/mol. The maximum Gasteiger partial charge on any atom is 0.267 e. The third kappa shape index (κ3) is 3.00. The normalized spacial score (nSPS) is 11.3. The van der Waals surface area contributed by atoms with Crippen LogP contribution >= 0.6 is 0 Å². The molecule has 0 saturated carbocycles. The van der Waals surface area contributed by atoms with Crippen LogP contribution in [0.3, 0.4) is 0 Å². The van der Waals surface area contributed by atoms with Crippen molar-refractivity contribution in [2.45, 2.75) is 20.8 Å². The van der Waals surface area contributed by atoms with E-state index in [1.165, 1.54) is 6.08 Å². The zero-order chi connectivity index (χ0) is 15.6. The van der Waals surface area contributed by atoms with Crippen LogP contribution in [0.5, 0.6) is 0 Å². The van der Waals surface area contributed by atoms with Gasteiger partial charge in [0.15, 0.2) is 5.82 Å². The highest BCUT2D eigenvalue weighted by Gasteiger charge is 2.14. The van der Waals surface area contributed by atoms with E-state index in [1.807, 2.05) is 27.0 Å². The monoisotopic (exact) mass is 285 g/mol. The van der Waals surface area contributed by atoms with Crippen molar-refractivity contribution in [3.05, 3.63) is 34.4 Å². The minimum atomic E-state index is -0.534. The predicted octanol–water partition coefficient (Wildman–Crippen LogP) is 1.88. The lowest BCUT2D eigenvalue weighted by Crippen LogP contribution is -2.13. The molecule has 0 aliphatic carbocycles. The van der Waals surface area contributed by atoms with E-state index < -0.39 is 5.91 Å². The van der Waals surface area contributed by atoms with Crippen LogP contribution < -0.4 is 5.32 Å². The molecule has 1 amide bonds. The molecule has 0 aliphatic rings. The van der Waals surface area contributed by atoms with Crippen molar-refractivity contribution in [2.75, 3.05) is 5.32 Å². The summed E-state index contributed by atoms with van der Waals surface area (Å²) in [5, 5.41) is 19.6. The van der Waals surface area contributed by atoms with Gasteiger partial charge in [-0.15, -0.1) is 0 Å². The number of carbonyl (C=O) groups excluding carboxylic acids is 1. The first-order valence-corrected chi connectivity index (χ1v) is 6.29. The van der Waals surface area contributed by atoms with E-state index in [1.54, 1.807) is 17.7 Å². The highest BCUT2D eigenvalue weighted by atomic mass is 16.5. The lowest BCUT2D eigenvalue weighted by atomic mass is 10.1. The average molecular weight is 285 g/mol. The molecule has 0 aliphatic heterocycles. The lowest BCUT2D eigenvalue weighted by molar-refractivity contribution is -0.112. The molecule has 2 heterocycles. The highest BCUT2D eigenvalue weighted by molar-refractivity contribution is 6.09. The first-order valence-electron chi connectivity index (χ1n) is 6.29. The van der Waals surface area contributed by atoms with Gasteiger partial charge < -0.3 is 9.84 Å². The van der Waals surface area contributed by atoms with Crippen LogP contribution in [-0.4, -0.2) is 20.8 Å². The van der Waals surface area contributed by atoms with Crippen molar-refractivity contribution >= 4 is 17.8 Å². The molecule has 0 aromatic carbocycles. The number of hydrogen-bond donors (Lipinski definition) is 1. The summed E-state index contributed by atoms with van der Waals surface area (Å²) in [6, 6.07) is 3.47. The maximum absolute atomic E-state index is 12.1. The van der Waals surface area contributed by atoms with E-state index in [0.29, 0.717) is 5.76 Å². The topological polar surface area (TPSA) is 96.7 Å². The number of hydrogen-bond acceptors (Lipinski definition) is 5. The largest absolute Gasteiger partial charge is 0.360 e. The first-order chi connectivity index (χ1) is 9.92. The molecular formula is C14H15N5O2. The minimum absolute atomic E-state index is 0.0187. The molecule has 108 valence electrons. The van der Waals surface area contributed by atoms with Gasteiger partial charge in [-0.2, -0.15) is 10.4 Å². The molecule has 7 nitrogen and oxygen atoms in total. The first kappa shape index (κ1) is 14.5. The van der Waals surface area contributed by atoms with E-state index in [2.05, 4.69) is 15.6 Å². The summed E-state index contributed by atoms with van der Waals surface area (Å²) in [5.41, 5.74) is 2.38. The van der Waals surface area contributed by atoms with Gasteiger partial charge in [0.2, 0.25) is 0 Å². The number of carbonyl (C=O) groups is 1. The van der Waals surface area contributed by atoms with Crippen molar-refractivity contribution in [3.63, 3.8) is 0 Å². The zero-order valence-corrected chi connectivity index (χ0v) is 12.3. The molecule has 0 radical (unpaired) electrons. The molecule has 0 atom stereocenters. The summed E-state index contributed by atoms with van der Waals surface area (Å²) in [5.74, 6) is 0.318. The van der Waals surface area contributed by atoms with Gasteiger partial charge in [0.1, 0.15) is 17.4 Å². The molecule has 0 fully saturated rings. The van der Waals surface area contributed by atoms with Crippen LogP contribution in [0, 0.1) is 32.1 Å². The maximum atomic E-state index is 12.1. The fourth-order valence-electron chi connectivity index (χ4n) is 1.90. The van der Waals surface area contributed by atoms with Crippen molar-refractivity contribution in [1.82, 2.24) is 14.9 Å². The average Bonchev–Trinajstić information content (AvgIpc) is 2.93. The number of rotatable bonds is 3. The number of nitriles is 1. The van der Waals surface area contributed by atoms with E-state index in [9.17, 15) is 10.1 Å². The number of aromatic nitrogens is 3. The van der Waals surface area contributed by atoms with Crippen molar-refractivity contribution in [2.24, 2.45) is 7.05 Å². The Kier molecular flexibility index (Phi) is 3.89. The summed E-state index contributed by atoms with van der Waals surface area (Å²) in [6.07, 6.45) is 1.53. The molecule has 2 rings (SSSR count). The third-order valence-corrected chi connectivity index (χ3v) is 3.09. The quantitative estimate of drug-likeness (QED) is 0.686. The number of anilines is 1. The lowest BCUT2D eigenvalue weighted by Gasteiger charge is -2.00. The summed E-state index contributed by atoms with van der Waals surface area (Å²) < 4.78 is 6.56. The number of amides is 1. The molecule has 7 heteroatoms. The molecule has 2 aromatic rings. The van der Waals surface area contributed by atoms with Gasteiger partial charge in [-0.05, 0) is 26.8 Å². The van der Waals surface area contributed by atoms with E-state index in [-0.39, 0.29) is 11.4 Å². The standard InChI is InChI=1S/C14H15N5O2/c1-8-5-13(18-21-8)16-14(20)11(7-15)6-12-9(2)17-19(4)10(12)3/h5-6H,1-4H3,(H,16,18,20)/b11-6+. The van der Waals surface area contributed by atoms with E-state index in [4.69, 9.17) is 4.52 Å². The van der Waals surface area contributed by atoms with Gasteiger partial charge >= 0.3 is 0 Å². The summed E-state index contributed by atoms with van der Waals surface area (Å²) in [7, 11) is 1.81. The fraction of sp³-hybridized carbons (Fsp3) is 0.286.